The van der Waals surface area contributed by atoms with Gasteiger partial charge in [0, 0.05) is 10.9 Å². The van der Waals surface area contributed by atoms with Gasteiger partial charge in [-0.2, -0.15) is 0 Å². The number of ether oxygens (including phenoxy) is 2. The molecule has 0 amide bonds. The van der Waals surface area contributed by atoms with Gasteiger partial charge in [0.25, 0.3) is 0 Å². The lowest BCUT2D eigenvalue weighted by atomic mass is 9.92. The van der Waals surface area contributed by atoms with Crippen LogP contribution in [0.3, 0.4) is 0 Å². The van der Waals surface area contributed by atoms with E-state index in [4.69, 9.17) is 9.47 Å². The van der Waals surface area contributed by atoms with Crippen molar-refractivity contribution in [3.8, 4) is 5.75 Å². The number of nitrogens with zero attached hydrogens (tertiary/aromatic N) is 1. The van der Waals surface area contributed by atoms with Crippen LogP contribution in [-0.2, 0) is 41.9 Å². The first kappa shape index (κ1) is 28.5. The number of rotatable bonds is 9. The Balaban J connectivity index is 1.36. The largest absolute Gasteiger partial charge is 0.487 e. The number of nitrogens with one attached hydrogen (secondary N) is 1. The van der Waals surface area contributed by atoms with Crippen LogP contribution in [0.5, 0.6) is 5.75 Å². The second-order valence-electron chi connectivity index (χ2n) is 10.3. The fourth-order valence-corrected chi connectivity index (χ4v) is 7.23. The fraction of sp³-hybridized carbons (Fsp3) is 0.200. The number of sulfonamides is 2. The van der Waals surface area contributed by atoms with Gasteiger partial charge in [-0.05, 0) is 49.2 Å². The van der Waals surface area contributed by atoms with Crippen molar-refractivity contribution in [2.75, 3.05) is 6.26 Å². The standard InChI is InChI=1S/C30H28N2O7S2/c1-30(2)29(33)27(28(39-30)23-10-8-20(9-11-23)19-41(36,37)32-40(3,34)35)22-13-16-25(17-14-22)38-18-24-15-12-21-6-4-5-7-26(21)31-24/h4-17,32H,18-19H2,1-3H3. The molecular formula is C30H28N2O7S2. The van der Waals surface area contributed by atoms with Crippen LogP contribution in [0, 0.1) is 0 Å². The monoisotopic (exact) mass is 592 g/mol. The smallest absolute Gasteiger partial charge is 0.228 e. The Morgan fingerprint density at radius 3 is 2.20 bits per heavy atom. The average Bonchev–Trinajstić information content (AvgIpc) is 3.15. The van der Waals surface area contributed by atoms with E-state index in [0.29, 0.717) is 33.8 Å². The lowest BCUT2D eigenvalue weighted by Crippen LogP contribution is -2.30. The van der Waals surface area contributed by atoms with E-state index in [9.17, 15) is 21.6 Å². The molecule has 0 atom stereocenters. The minimum absolute atomic E-state index is 0.189. The summed E-state index contributed by atoms with van der Waals surface area (Å²) in [4.78, 5) is 18.0. The number of hydrogen-bond donors (Lipinski definition) is 1. The van der Waals surface area contributed by atoms with E-state index in [-0.39, 0.29) is 12.4 Å². The van der Waals surface area contributed by atoms with E-state index in [1.54, 1.807) is 66.5 Å². The molecule has 0 fully saturated rings. The first-order valence-electron chi connectivity index (χ1n) is 12.7. The summed E-state index contributed by atoms with van der Waals surface area (Å²) in [5.41, 5.74) is 2.60. The first-order valence-corrected chi connectivity index (χ1v) is 16.2. The van der Waals surface area contributed by atoms with Crippen LogP contribution in [0.15, 0.2) is 84.9 Å². The Morgan fingerprint density at radius 1 is 0.854 bits per heavy atom. The Labute approximate surface area is 238 Å². The van der Waals surface area contributed by atoms with Crippen LogP contribution >= 0.6 is 0 Å². The third-order valence-electron chi connectivity index (χ3n) is 6.40. The molecule has 0 saturated heterocycles. The summed E-state index contributed by atoms with van der Waals surface area (Å²) in [6, 6.07) is 25.3. The lowest BCUT2D eigenvalue weighted by Gasteiger charge is -2.18. The van der Waals surface area contributed by atoms with Gasteiger partial charge in [0.05, 0.1) is 28.8 Å². The van der Waals surface area contributed by atoms with E-state index in [2.05, 4.69) is 4.98 Å². The van der Waals surface area contributed by atoms with Gasteiger partial charge >= 0.3 is 0 Å². The molecule has 4 aromatic rings. The number of para-hydroxylation sites is 1. The third kappa shape index (κ3) is 6.64. The van der Waals surface area contributed by atoms with Crippen molar-refractivity contribution in [3.05, 3.63) is 107 Å². The van der Waals surface area contributed by atoms with Crippen molar-refractivity contribution in [1.29, 1.82) is 0 Å². The number of pyridine rings is 1. The minimum atomic E-state index is -4.09. The van der Waals surface area contributed by atoms with Gasteiger partial charge in [0.1, 0.15) is 18.1 Å². The molecule has 2 heterocycles. The van der Waals surface area contributed by atoms with Crippen LogP contribution in [0.2, 0.25) is 0 Å². The van der Waals surface area contributed by atoms with Crippen LogP contribution in [0.1, 0.15) is 36.2 Å². The molecule has 11 heteroatoms. The molecule has 0 bridgehead atoms. The zero-order valence-corrected chi connectivity index (χ0v) is 24.3. The summed E-state index contributed by atoms with van der Waals surface area (Å²) in [6.45, 7) is 3.66. The first-order chi connectivity index (χ1) is 19.3. The van der Waals surface area contributed by atoms with E-state index >= 15 is 0 Å². The van der Waals surface area contributed by atoms with Gasteiger partial charge in [-0.25, -0.2) is 21.8 Å². The fourth-order valence-electron chi connectivity index (χ4n) is 4.52. The Bertz CT molecular complexity index is 1880. The number of ketones is 1. The summed E-state index contributed by atoms with van der Waals surface area (Å²) in [6.07, 6.45) is 0.776. The Hall–Kier alpha value is -4.06. The molecule has 1 aliphatic heterocycles. The molecule has 0 saturated carbocycles. The van der Waals surface area contributed by atoms with E-state index < -0.39 is 31.4 Å². The van der Waals surface area contributed by atoms with Crippen LogP contribution in [0.4, 0.5) is 0 Å². The van der Waals surface area contributed by atoms with E-state index in [0.717, 1.165) is 22.9 Å². The van der Waals surface area contributed by atoms with E-state index in [1.165, 1.54) is 0 Å². The van der Waals surface area contributed by atoms with Crippen molar-refractivity contribution in [3.63, 3.8) is 0 Å². The number of benzene rings is 3. The van der Waals surface area contributed by atoms with Crippen LogP contribution < -0.4 is 8.86 Å². The summed E-state index contributed by atoms with van der Waals surface area (Å²) in [7, 11) is -8.02. The highest BCUT2D eigenvalue weighted by Crippen LogP contribution is 2.41. The molecule has 0 unspecified atom stereocenters. The molecule has 9 nitrogen and oxygen atoms in total. The SMILES string of the molecule is CC1(C)OC(c2ccc(CS(=O)(=O)NS(C)(=O)=O)cc2)=C(c2ccc(OCc3ccc4ccccc4n3)cc2)C1=O. The number of carbonyl (C=O) groups is 1. The number of Topliss-reactive ketones (excluding diaryl/α,β-unsaturated/α-hetero) is 1. The number of carbonyl (C=O) groups excluding carboxylic acids is 1. The van der Waals surface area contributed by atoms with Crippen molar-refractivity contribution < 1.29 is 31.1 Å². The maximum Gasteiger partial charge on any atom is 0.228 e. The molecule has 1 N–H and O–H groups in total. The molecule has 0 aliphatic carbocycles. The second-order valence-corrected chi connectivity index (χ2v) is 14.0. The zero-order chi connectivity index (χ0) is 29.4. The van der Waals surface area contributed by atoms with Crippen molar-refractivity contribution in [2.24, 2.45) is 0 Å². The predicted molar refractivity (Wildman–Crippen MR) is 157 cm³/mol. The van der Waals surface area contributed by atoms with Crippen LogP contribution in [0.25, 0.3) is 22.2 Å². The average molecular weight is 593 g/mol. The highest BCUT2D eigenvalue weighted by molar-refractivity contribution is 8.04. The molecule has 41 heavy (non-hydrogen) atoms. The van der Waals surface area contributed by atoms with E-state index in [1.807, 2.05) is 36.4 Å². The highest BCUT2D eigenvalue weighted by atomic mass is 32.3. The second kappa shape index (κ2) is 10.7. The highest BCUT2D eigenvalue weighted by Gasteiger charge is 2.42. The van der Waals surface area contributed by atoms with Crippen LogP contribution in [-0.4, -0.2) is 39.5 Å². The lowest BCUT2D eigenvalue weighted by molar-refractivity contribution is -0.125. The molecule has 3 aromatic carbocycles. The summed E-state index contributed by atoms with van der Waals surface area (Å²) >= 11 is 0. The summed E-state index contributed by atoms with van der Waals surface area (Å²) in [5.74, 6) is 0.279. The van der Waals surface area contributed by atoms with Crippen molar-refractivity contribution >= 4 is 48.1 Å². The van der Waals surface area contributed by atoms with Gasteiger partial charge in [-0.3, -0.25) is 4.79 Å². The van der Waals surface area contributed by atoms with Crippen molar-refractivity contribution in [1.82, 2.24) is 9.11 Å². The molecule has 0 radical (unpaired) electrons. The van der Waals surface area contributed by atoms with Gasteiger partial charge in [0.2, 0.25) is 25.8 Å². The molecule has 1 aliphatic rings. The Kier molecular flexibility index (Phi) is 7.45. The molecule has 0 spiro atoms. The number of fused-ring (bicyclic) bond motifs is 1. The van der Waals surface area contributed by atoms with Crippen molar-refractivity contribution in [2.45, 2.75) is 31.8 Å². The van der Waals surface area contributed by atoms with Gasteiger partial charge in [-0.15, -0.1) is 4.13 Å². The Morgan fingerprint density at radius 2 is 1.51 bits per heavy atom. The van der Waals surface area contributed by atoms with Gasteiger partial charge < -0.3 is 9.47 Å². The maximum atomic E-state index is 13.3. The quantitative estimate of drug-likeness (QED) is 0.302. The maximum absolute atomic E-state index is 13.3. The molecule has 212 valence electrons. The summed E-state index contributed by atoms with van der Waals surface area (Å²) in [5, 5.41) is 1.06. The normalized spacial score (nSPS) is 15.2. The molecular weight excluding hydrogens is 564 g/mol. The predicted octanol–water partition coefficient (Wildman–Crippen LogP) is 4.44. The summed E-state index contributed by atoms with van der Waals surface area (Å²) < 4.78 is 60.6. The van der Waals surface area contributed by atoms with Gasteiger partial charge in [-0.1, -0.05) is 60.7 Å². The topological polar surface area (TPSA) is 129 Å². The third-order valence-corrected chi connectivity index (χ3v) is 9.34. The molecule has 1 aromatic heterocycles. The van der Waals surface area contributed by atoms with Gasteiger partial charge in [0.15, 0.2) is 5.60 Å². The minimum Gasteiger partial charge on any atom is -0.487 e. The number of hydrogen-bond acceptors (Lipinski definition) is 8. The molecule has 5 rings (SSSR count). The number of aromatic nitrogens is 1. The zero-order valence-electron chi connectivity index (χ0n) is 22.6.